The van der Waals surface area contributed by atoms with Gasteiger partial charge in [0.25, 0.3) is 5.91 Å². The molecule has 18 heavy (non-hydrogen) atoms. The molecule has 0 bridgehead atoms. The van der Waals surface area contributed by atoms with Crippen molar-refractivity contribution in [1.82, 2.24) is 4.98 Å². The minimum atomic E-state index is -0.732. The first-order valence-electron chi connectivity index (χ1n) is 4.95. The summed E-state index contributed by atoms with van der Waals surface area (Å²) >= 11 is 5.72. The van der Waals surface area contributed by atoms with Crippen molar-refractivity contribution in [2.75, 3.05) is 5.32 Å². The molecule has 0 spiro atoms. The van der Waals surface area contributed by atoms with E-state index in [0.29, 0.717) is 0 Å². The number of nitrogens with zero attached hydrogens (tertiary/aromatic N) is 1. The Morgan fingerprint density at radius 2 is 2.06 bits per heavy atom. The summed E-state index contributed by atoms with van der Waals surface area (Å²) in [6, 6.07) is 5.72. The van der Waals surface area contributed by atoms with Gasteiger partial charge in [0.05, 0.1) is 11.3 Å². The Balaban J connectivity index is 2.27. The number of hydrogen-bond acceptors (Lipinski definition) is 2. The molecule has 0 atom stereocenters. The van der Waals surface area contributed by atoms with Crippen molar-refractivity contribution in [2.24, 2.45) is 0 Å². The predicted octanol–water partition coefficient (Wildman–Crippen LogP) is 3.27. The molecular formula is C12H7ClF2N2O. The van der Waals surface area contributed by atoms with Crippen LogP contribution in [0.5, 0.6) is 0 Å². The van der Waals surface area contributed by atoms with E-state index in [1.54, 1.807) is 0 Å². The molecule has 92 valence electrons. The molecule has 1 heterocycles. The molecule has 0 fully saturated rings. The zero-order valence-corrected chi connectivity index (χ0v) is 9.71. The van der Waals surface area contributed by atoms with Crippen LogP contribution in [-0.4, -0.2) is 10.9 Å². The molecule has 0 saturated heterocycles. The second-order valence-electron chi connectivity index (χ2n) is 3.42. The Hall–Kier alpha value is -2.01. The number of aromatic nitrogens is 1. The summed E-state index contributed by atoms with van der Waals surface area (Å²) in [6.07, 6.45) is 1.42. The summed E-state index contributed by atoms with van der Waals surface area (Å²) in [7, 11) is 0. The maximum atomic E-state index is 13.3. The van der Waals surface area contributed by atoms with Crippen LogP contribution >= 0.6 is 11.6 Å². The molecule has 2 aromatic rings. The van der Waals surface area contributed by atoms with Crippen molar-refractivity contribution in [1.29, 1.82) is 0 Å². The number of anilines is 1. The summed E-state index contributed by atoms with van der Waals surface area (Å²) < 4.78 is 26.2. The van der Waals surface area contributed by atoms with E-state index in [4.69, 9.17) is 11.6 Å². The van der Waals surface area contributed by atoms with Gasteiger partial charge in [-0.1, -0.05) is 11.6 Å². The highest BCUT2D eigenvalue weighted by atomic mass is 35.5. The third-order valence-electron chi connectivity index (χ3n) is 2.18. The lowest BCUT2D eigenvalue weighted by atomic mass is 10.2. The minimum absolute atomic E-state index is 0.00758. The largest absolute Gasteiger partial charge is 0.319 e. The number of amides is 1. The summed E-state index contributed by atoms with van der Waals surface area (Å²) in [5, 5.41) is 2.22. The van der Waals surface area contributed by atoms with E-state index in [-0.39, 0.29) is 16.4 Å². The van der Waals surface area contributed by atoms with E-state index in [2.05, 4.69) is 10.3 Å². The van der Waals surface area contributed by atoms with E-state index in [9.17, 15) is 13.6 Å². The van der Waals surface area contributed by atoms with Crippen molar-refractivity contribution < 1.29 is 13.6 Å². The highest BCUT2D eigenvalue weighted by Gasteiger charge is 2.13. The van der Waals surface area contributed by atoms with Gasteiger partial charge in [-0.05, 0) is 24.3 Å². The number of halogens is 3. The van der Waals surface area contributed by atoms with Gasteiger partial charge in [0.1, 0.15) is 16.8 Å². The van der Waals surface area contributed by atoms with Crippen LogP contribution in [0.15, 0.2) is 36.5 Å². The zero-order chi connectivity index (χ0) is 13.1. The molecule has 0 radical (unpaired) electrons. The van der Waals surface area contributed by atoms with Crippen LogP contribution < -0.4 is 5.32 Å². The Morgan fingerprint density at radius 3 is 2.78 bits per heavy atom. The van der Waals surface area contributed by atoms with Gasteiger partial charge in [-0.3, -0.25) is 4.79 Å². The van der Waals surface area contributed by atoms with Crippen LogP contribution in [0.2, 0.25) is 5.15 Å². The van der Waals surface area contributed by atoms with Gasteiger partial charge in [0, 0.05) is 12.3 Å². The second kappa shape index (κ2) is 5.10. The molecule has 3 nitrogen and oxygen atoms in total. The van der Waals surface area contributed by atoms with Crippen molar-refractivity contribution in [2.45, 2.75) is 0 Å². The van der Waals surface area contributed by atoms with Crippen molar-refractivity contribution in [3.8, 4) is 0 Å². The number of nitrogens with one attached hydrogen (secondary N) is 1. The number of rotatable bonds is 2. The molecule has 0 unspecified atom stereocenters. The fraction of sp³-hybridized carbons (Fsp3) is 0. The summed E-state index contributed by atoms with van der Waals surface area (Å²) in [5.41, 5.74) is -0.164. The third kappa shape index (κ3) is 2.62. The Bertz CT molecular complexity index is 604. The van der Waals surface area contributed by atoms with Crippen LogP contribution in [0.1, 0.15) is 10.4 Å². The highest BCUT2D eigenvalue weighted by Crippen LogP contribution is 2.18. The van der Waals surface area contributed by atoms with Crippen LogP contribution in [0.25, 0.3) is 0 Å². The molecule has 0 aliphatic heterocycles. The molecule has 2 rings (SSSR count). The summed E-state index contributed by atoms with van der Waals surface area (Å²) in [6.45, 7) is 0. The topological polar surface area (TPSA) is 42.0 Å². The van der Waals surface area contributed by atoms with Crippen molar-refractivity contribution in [3.05, 3.63) is 58.9 Å². The van der Waals surface area contributed by atoms with Crippen LogP contribution in [0, 0.1) is 11.6 Å². The number of hydrogen-bond donors (Lipinski definition) is 1. The highest BCUT2D eigenvalue weighted by molar-refractivity contribution is 6.33. The molecule has 0 aliphatic carbocycles. The number of carbonyl (C=O) groups is 1. The fourth-order valence-electron chi connectivity index (χ4n) is 1.34. The lowest BCUT2D eigenvalue weighted by Crippen LogP contribution is -2.14. The van der Waals surface area contributed by atoms with E-state index < -0.39 is 17.5 Å². The van der Waals surface area contributed by atoms with Gasteiger partial charge >= 0.3 is 0 Å². The summed E-state index contributed by atoms with van der Waals surface area (Å²) in [4.78, 5) is 15.5. The average molecular weight is 269 g/mol. The molecule has 0 saturated carbocycles. The standard InChI is InChI=1S/C12H7ClF2N2O/c13-11-8(2-1-5-16-11)12(18)17-10-6-7(14)3-4-9(10)15/h1-6H,(H,17,18). The van der Waals surface area contributed by atoms with Gasteiger partial charge in [-0.15, -0.1) is 0 Å². The van der Waals surface area contributed by atoms with E-state index in [0.717, 1.165) is 18.2 Å². The van der Waals surface area contributed by atoms with Gasteiger partial charge in [-0.25, -0.2) is 13.8 Å². The first-order valence-corrected chi connectivity index (χ1v) is 5.32. The monoisotopic (exact) mass is 268 g/mol. The Morgan fingerprint density at radius 1 is 1.28 bits per heavy atom. The van der Waals surface area contributed by atoms with Gasteiger partial charge in [0.2, 0.25) is 0 Å². The Labute approximate surface area is 106 Å². The smallest absolute Gasteiger partial charge is 0.258 e. The quantitative estimate of drug-likeness (QED) is 0.850. The lowest BCUT2D eigenvalue weighted by Gasteiger charge is -2.07. The van der Waals surface area contributed by atoms with Crippen molar-refractivity contribution in [3.63, 3.8) is 0 Å². The molecule has 1 aromatic carbocycles. The molecule has 1 N–H and O–H groups in total. The Kier molecular flexibility index (Phi) is 3.53. The van der Waals surface area contributed by atoms with E-state index in [1.807, 2.05) is 0 Å². The lowest BCUT2D eigenvalue weighted by molar-refractivity contribution is 0.102. The normalized spacial score (nSPS) is 10.2. The molecule has 6 heteroatoms. The van der Waals surface area contributed by atoms with Crippen LogP contribution in [0.4, 0.5) is 14.5 Å². The van der Waals surface area contributed by atoms with Gasteiger partial charge < -0.3 is 5.32 Å². The number of carbonyl (C=O) groups excluding carboxylic acids is 1. The zero-order valence-electron chi connectivity index (χ0n) is 8.95. The number of pyridine rings is 1. The van der Waals surface area contributed by atoms with E-state index in [1.165, 1.54) is 18.3 Å². The van der Waals surface area contributed by atoms with E-state index >= 15 is 0 Å². The SMILES string of the molecule is O=C(Nc1cc(F)ccc1F)c1cccnc1Cl. The van der Waals surface area contributed by atoms with Crippen LogP contribution in [0.3, 0.4) is 0 Å². The first-order chi connectivity index (χ1) is 8.58. The third-order valence-corrected chi connectivity index (χ3v) is 2.48. The predicted molar refractivity (Wildman–Crippen MR) is 63.6 cm³/mol. The average Bonchev–Trinajstić information content (AvgIpc) is 2.34. The second-order valence-corrected chi connectivity index (χ2v) is 3.78. The minimum Gasteiger partial charge on any atom is -0.319 e. The summed E-state index contributed by atoms with van der Waals surface area (Å²) in [5.74, 6) is -2.04. The number of benzene rings is 1. The van der Waals surface area contributed by atoms with Gasteiger partial charge in [-0.2, -0.15) is 0 Å². The first kappa shape index (κ1) is 12.4. The molecule has 1 aromatic heterocycles. The molecular weight excluding hydrogens is 262 g/mol. The van der Waals surface area contributed by atoms with Crippen molar-refractivity contribution >= 4 is 23.2 Å². The molecule has 1 amide bonds. The molecule has 0 aliphatic rings. The van der Waals surface area contributed by atoms with Gasteiger partial charge in [0.15, 0.2) is 0 Å². The van der Waals surface area contributed by atoms with Crippen LogP contribution in [-0.2, 0) is 0 Å². The fourth-order valence-corrected chi connectivity index (χ4v) is 1.54. The maximum Gasteiger partial charge on any atom is 0.258 e. The maximum absolute atomic E-state index is 13.3.